The summed E-state index contributed by atoms with van der Waals surface area (Å²) in [6.45, 7) is 0.627. The molecule has 0 spiro atoms. The zero-order chi connectivity index (χ0) is 22.8. The first kappa shape index (κ1) is 21.4. The molecule has 1 fully saturated rings. The Balaban J connectivity index is 1.34. The third kappa shape index (κ3) is 4.15. The summed E-state index contributed by atoms with van der Waals surface area (Å²) >= 11 is 0. The second kappa shape index (κ2) is 8.80. The highest BCUT2D eigenvalue weighted by Gasteiger charge is 2.32. The molecule has 168 valence electrons. The number of sulfonamides is 1. The standard InChI is InChI=1S/C25H24N4O3S/c30-25(20-14-17-28(18-15-20)33(31,32)21-11-5-2-6-12-21)27-24-23(19-9-3-1-4-10-19)26-22-13-7-8-16-29(22)24/h1-13,16,20H,14-15,17-18H2,(H,27,30). The molecule has 2 aromatic heterocycles. The van der Waals surface area contributed by atoms with E-state index in [4.69, 9.17) is 4.98 Å². The van der Waals surface area contributed by atoms with Gasteiger partial charge in [-0.3, -0.25) is 9.20 Å². The fraction of sp³-hybridized carbons (Fsp3) is 0.200. The van der Waals surface area contributed by atoms with Crippen LogP contribution in [0.25, 0.3) is 16.9 Å². The minimum absolute atomic E-state index is 0.116. The molecule has 1 saturated heterocycles. The quantitative estimate of drug-likeness (QED) is 0.487. The van der Waals surface area contributed by atoms with Crippen molar-refractivity contribution in [2.75, 3.05) is 18.4 Å². The number of fused-ring (bicyclic) bond motifs is 1. The second-order valence-electron chi connectivity index (χ2n) is 8.08. The minimum atomic E-state index is -3.55. The summed E-state index contributed by atoms with van der Waals surface area (Å²) in [6, 6.07) is 23.9. The molecule has 7 nitrogen and oxygen atoms in total. The molecule has 0 aliphatic carbocycles. The summed E-state index contributed by atoms with van der Waals surface area (Å²) in [6.07, 6.45) is 2.81. The molecule has 1 amide bonds. The Morgan fingerprint density at radius 1 is 0.879 bits per heavy atom. The van der Waals surface area contributed by atoms with E-state index in [1.165, 1.54) is 4.31 Å². The Labute approximate surface area is 192 Å². The number of imidazole rings is 1. The summed E-state index contributed by atoms with van der Waals surface area (Å²) in [5.41, 5.74) is 2.37. The molecule has 3 heterocycles. The van der Waals surface area contributed by atoms with Gasteiger partial charge in [0, 0.05) is 30.8 Å². The maximum Gasteiger partial charge on any atom is 0.243 e. The number of aromatic nitrogens is 2. The van der Waals surface area contributed by atoms with E-state index in [9.17, 15) is 13.2 Å². The predicted molar refractivity (Wildman–Crippen MR) is 127 cm³/mol. The molecule has 1 aliphatic rings. The molecule has 4 aromatic rings. The molecule has 8 heteroatoms. The number of hydrogen-bond acceptors (Lipinski definition) is 4. The van der Waals surface area contributed by atoms with Gasteiger partial charge in [0.25, 0.3) is 0 Å². The Bertz CT molecular complexity index is 1380. The van der Waals surface area contributed by atoms with Crippen molar-refractivity contribution in [1.29, 1.82) is 0 Å². The molecule has 0 unspecified atom stereocenters. The normalized spacial score (nSPS) is 15.5. The third-order valence-corrected chi connectivity index (χ3v) is 7.94. The SMILES string of the molecule is O=C(Nc1c(-c2ccccc2)nc2ccccn12)C1CCN(S(=O)(=O)c2ccccc2)CC1. The van der Waals surface area contributed by atoms with Gasteiger partial charge in [-0.25, -0.2) is 13.4 Å². The highest BCUT2D eigenvalue weighted by Crippen LogP contribution is 2.30. The van der Waals surface area contributed by atoms with Gasteiger partial charge in [-0.15, -0.1) is 0 Å². The van der Waals surface area contributed by atoms with Crippen LogP contribution in [0.3, 0.4) is 0 Å². The molecular formula is C25H24N4O3S. The van der Waals surface area contributed by atoms with Crippen LogP contribution in [0.15, 0.2) is 90.0 Å². The second-order valence-corrected chi connectivity index (χ2v) is 10.0. The number of pyridine rings is 1. The molecule has 0 radical (unpaired) electrons. The van der Waals surface area contributed by atoms with E-state index in [1.807, 2.05) is 59.1 Å². The first-order valence-electron chi connectivity index (χ1n) is 10.9. The van der Waals surface area contributed by atoms with E-state index < -0.39 is 10.0 Å². The van der Waals surface area contributed by atoms with E-state index in [0.29, 0.717) is 37.4 Å². The largest absolute Gasteiger partial charge is 0.310 e. The molecule has 0 atom stereocenters. The lowest BCUT2D eigenvalue weighted by atomic mass is 9.97. The van der Waals surface area contributed by atoms with E-state index >= 15 is 0 Å². The fourth-order valence-electron chi connectivity index (χ4n) is 4.23. The van der Waals surface area contributed by atoms with Crippen LogP contribution in [0.5, 0.6) is 0 Å². The van der Waals surface area contributed by atoms with Crippen LogP contribution in [-0.2, 0) is 14.8 Å². The molecular weight excluding hydrogens is 436 g/mol. The number of carbonyl (C=O) groups excluding carboxylic acids is 1. The summed E-state index contributed by atoms with van der Waals surface area (Å²) in [5, 5.41) is 3.08. The minimum Gasteiger partial charge on any atom is -0.310 e. The van der Waals surface area contributed by atoms with E-state index in [0.717, 1.165) is 11.2 Å². The highest BCUT2D eigenvalue weighted by atomic mass is 32.2. The van der Waals surface area contributed by atoms with Crippen molar-refractivity contribution in [1.82, 2.24) is 13.7 Å². The molecule has 2 aromatic carbocycles. The number of carbonyl (C=O) groups is 1. The third-order valence-electron chi connectivity index (χ3n) is 6.02. The van der Waals surface area contributed by atoms with Gasteiger partial charge < -0.3 is 5.32 Å². The first-order valence-corrected chi connectivity index (χ1v) is 12.4. The summed E-state index contributed by atoms with van der Waals surface area (Å²) < 4.78 is 29.1. The van der Waals surface area contributed by atoms with E-state index in [-0.39, 0.29) is 16.7 Å². The molecule has 0 bridgehead atoms. The number of amides is 1. The summed E-state index contributed by atoms with van der Waals surface area (Å²) in [4.78, 5) is 18.2. The van der Waals surface area contributed by atoms with Crippen molar-refractivity contribution in [2.24, 2.45) is 5.92 Å². The molecule has 1 N–H and O–H groups in total. The predicted octanol–water partition coefficient (Wildman–Crippen LogP) is 4.04. The van der Waals surface area contributed by atoms with Gasteiger partial charge >= 0.3 is 0 Å². The first-order chi connectivity index (χ1) is 16.0. The van der Waals surface area contributed by atoms with Crippen LogP contribution in [0.4, 0.5) is 5.82 Å². The summed E-state index contributed by atoms with van der Waals surface area (Å²) in [5.74, 6) is 0.237. The van der Waals surface area contributed by atoms with Crippen LogP contribution in [0.2, 0.25) is 0 Å². The van der Waals surface area contributed by atoms with Gasteiger partial charge in [0.15, 0.2) is 0 Å². The van der Waals surface area contributed by atoms with Gasteiger partial charge in [0.05, 0.1) is 4.90 Å². The average molecular weight is 461 g/mol. The lowest BCUT2D eigenvalue weighted by Crippen LogP contribution is -2.41. The molecule has 5 rings (SSSR count). The van der Waals surface area contributed by atoms with Gasteiger partial charge in [-0.1, -0.05) is 54.6 Å². The lowest BCUT2D eigenvalue weighted by molar-refractivity contribution is -0.120. The van der Waals surface area contributed by atoms with Gasteiger partial charge in [0.1, 0.15) is 17.2 Å². The van der Waals surface area contributed by atoms with Crippen LogP contribution in [0, 0.1) is 5.92 Å². The van der Waals surface area contributed by atoms with Crippen LogP contribution in [-0.4, -0.2) is 41.1 Å². The van der Waals surface area contributed by atoms with Crippen LogP contribution < -0.4 is 5.32 Å². The Kier molecular flexibility index (Phi) is 5.70. The smallest absolute Gasteiger partial charge is 0.243 e. The van der Waals surface area contributed by atoms with Crippen LogP contribution in [0.1, 0.15) is 12.8 Å². The van der Waals surface area contributed by atoms with Crippen molar-refractivity contribution in [3.63, 3.8) is 0 Å². The van der Waals surface area contributed by atoms with E-state index in [1.54, 1.807) is 30.3 Å². The zero-order valence-electron chi connectivity index (χ0n) is 18.0. The molecule has 0 saturated carbocycles. The Morgan fingerprint density at radius 3 is 2.21 bits per heavy atom. The number of benzene rings is 2. The number of piperidine rings is 1. The van der Waals surface area contributed by atoms with Gasteiger partial charge in [-0.05, 0) is 37.1 Å². The average Bonchev–Trinajstić information content (AvgIpc) is 3.23. The molecule has 1 aliphatic heterocycles. The zero-order valence-corrected chi connectivity index (χ0v) is 18.8. The number of hydrogen-bond donors (Lipinski definition) is 1. The van der Waals surface area contributed by atoms with Crippen molar-refractivity contribution >= 4 is 27.4 Å². The number of anilines is 1. The monoisotopic (exact) mass is 460 g/mol. The van der Waals surface area contributed by atoms with Crippen molar-refractivity contribution < 1.29 is 13.2 Å². The fourth-order valence-corrected chi connectivity index (χ4v) is 5.72. The Morgan fingerprint density at radius 2 is 1.52 bits per heavy atom. The van der Waals surface area contributed by atoms with Crippen molar-refractivity contribution in [3.8, 4) is 11.3 Å². The lowest BCUT2D eigenvalue weighted by Gasteiger charge is -2.30. The highest BCUT2D eigenvalue weighted by molar-refractivity contribution is 7.89. The number of nitrogens with one attached hydrogen (secondary N) is 1. The van der Waals surface area contributed by atoms with Gasteiger partial charge in [-0.2, -0.15) is 4.31 Å². The number of rotatable bonds is 5. The topological polar surface area (TPSA) is 83.8 Å². The van der Waals surface area contributed by atoms with Crippen molar-refractivity contribution in [2.45, 2.75) is 17.7 Å². The number of nitrogens with zero attached hydrogens (tertiary/aromatic N) is 3. The van der Waals surface area contributed by atoms with Crippen LogP contribution >= 0.6 is 0 Å². The maximum absolute atomic E-state index is 13.2. The summed E-state index contributed by atoms with van der Waals surface area (Å²) in [7, 11) is -3.55. The van der Waals surface area contributed by atoms with E-state index in [2.05, 4.69) is 5.32 Å². The van der Waals surface area contributed by atoms with Crippen molar-refractivity contribution in [3.05, 3.63) is 85.1 Å². The molecule has 33 heavy (non-hydrogen) atoms. The van der Waals surface area contributed by atoms with Gasteiger partial charge in [0.2, 0.25) is 15.9 Å². The Hall–Kier alpha value is -3.49. The maximum atomic E-state index is 13.2.